The molecule has 0 spiro atoms. The van der Waals surface area contributed by atoms with E-state index in [1.807, 2.05) is 11.0 Å². The van der Waals surface area contributed by atoms with Crippen molar-refractivity contribution < 1.29 is 39.3 Å². The first-order valence-electron chi connectivity index (χ1n) is 16.2. The van der Waals surface area contributed by atoms with Crippen LogP contribution in [0.4, 0.5) is 5.69 Å². The molecule has 0 saturated heterocycles. The van der Waals surface area contributed by atoms with Crippen LogP contribution in [0.15, 0.2) is 41.2 Å². The molecule has 2 heterocycles. The number of nitrogens with one attached hydrogen (secondary N) is 3. The van der Waals surface area contributed by atoms with E-state index in [-0.39, 0.29) is 48.8 Å². The van der Waals surface area contributed by atoms with Crippen LogP contribution in [0.1, 0.15) is 64.9 Å². The molecule has 0 saturated carbocycles. The van der Waals surface area contributed by atoms with Gasteiger partial charge in [-0.1, -0.05) is 18.1 Å². The van der Waals surface area contributed by atoms with Gasteiger partial charge in [-0.2, -0.15) is 0 Å². The quantitative estimate of drug-likeness (QED) is 0.0869. The first-order valence-corrected chi connectivity index (χ1v) is 16.2. The van der Waals surface area contributed by atoms with Crippen LogP contribution in [0.2, 0.25) is 0 Å². The van der Waals surface area contributed by atoms with Crippen molar-refractivity contribution in [2.45, 2.75) is 70.1 Å². The van der Waals surface area contributed by atoms with E-state index >= 15 is 0 Å². The predicted octanol–water partition coefficient (Wildman–Crippen LogP) is 0.595. The summed E-state index contributed by atoms with van der Waals surface area (Å²) < 4.78 is 0.988. The van der Waals surface area contributed by atoms with Crippen molar-refractivity contribution in [3.63, 3.8) is 0 Å². The van der Waals surface area contributed by atoms with E-state index in [2.05, 4.69) is 42.0 Å². The van der Waals surface area contributed by atoms with Crippen LogP contribution >= 0.6 is 0 Å². The van der Waals surface area contributed by atoms with Crippen LogP contribution in [0.25, 0.3) is 10.9 Å². The maximum absolute atomic E-state index is 13.7. The smallest absolute Gasteiger partial charge is 0.326 e. The fourth-order valence-corrected chi connectivity index (χ4v) is 6.26. The number of hydrogen-bond acceptors (Lipinski definition) is 11. The Bertz CT molecular complexity index is 2140. The molecule has 4 aromatic rings. The fourth-order valence-electron chi connectivity index (χ4n) is 6.26. The Balaban J connectivity index is 1.28. The molecule has 0 aliphatic heterocycles. The fraction of sp³-hybridized carbons (Fsp3) is 0.353. The number of benzene rings is 2. The number of aryl methyl sites for hydroxylation is 3. The van der Waals surface area contributed by atoms with Crippen molar-refractivity contribution in [3.05, 3.63) is 75.1 Å². The van der Waals surface area contributed by atoms with Crippen LogP contribution in [-0.4, -0.2) is 93.8 Å². The maximum Gasteiger partial charge on any atom is 0.326 e. The number of amides is 2. The number of anilines is 1. The molecule has 2 amide bonds. The maximum atomic E-state index is 13.7. The molecule has 6 N–H and O–H groups in total. The Morgan fingerprint density at radius 2 is 1.81 bits per heavy atom. The van der Waals surface area contributed by atoms with Crippen molar-refractivity contribution in [1.29, 1.82) is 0 Å². The van der Waals surface area contributed by atoms with Crippen molar-refractivity contribution in [2.24, 2.45) is 0 Å². The Morgan fingerprint density at radius 3 is 2.52 bits per heavy atom. The summed E-state index contributed by atoms with van der Waals surface area (Å²) in [5.74, 6) is -2.27. The number of aromatic nitrogens is 6. The van der Waals surface area contributed by atoms with Gasteiger partial charge in [-0.15, -0.1) is 11.5 Å². The molecule has 2 aromatic carbocycles. The van der Waals surface area contributed by atoms with Gasteiger partial charge in [-0.3, -0.25) is 19.2 Å². The summed E-state index contributed by atoms with van der Waals surface area (Å²) in [6.45, 7) is 1.26. The first kappa shape index (κ1) is 36.6. The Hall–Kier alpha value is -6.64. The lowest BCUT2D eigenvalue weighted by Crippen LogP contribution is -2.44. The lowest BCUT2D eigenvalue weighted by atomic mass is 10.0. The summed E-state index contributed by atoms with van der Waals surface area (Å²) in [7, 11) is 0. The molecule has 18 nitrogen and oxygen atoms in total. The van der Waals surface area contributed by atoms with Crippen LogP contribution in [0, 0.1) is 19.3 Å². The molecular formula is C34H35N9O9. The average molecular weight is 714 g/mol. The summed E-state index contributed by atoms with van der Waals surface area (Å²) in [4.78, 5) is 83.2. The van der Waals surface area contributed by atoms with Crippen molar-refractivity contribution in [2.75, 3.05) is 11.4 Å². The van der Waals surface area contributed by atoms with Gasteiger partial charge in [0.15, 0.2) is 5.82 Å². The van der Waals surface area contributed by atoms with E-state index < -0.39 is 54.8 Å². The Labute approximate surface area is 295 Å². The van der Waals surface area contributed by atoms with Crippen LogP contribution in [0.3, 0.4) is 0 Å². The van der Waals surface area contributed by atoms with Crippen molar-refractivity contribution in [3.8, 4) is 12.3 Å². The lowest BCUT2D eigenvalue weighted by Gasteiger charge is -2.32. The summed E-state index contributed by atoms with van der Waals surface area (Å²) in [6, 6.07) is 7.00. The van der Waals surface area contributed by atoms with E-state index in [1.165, 1.54) is 6.07 Å². The second kappa shape index (κ2) is 15.9. The number of hydrogen-bond donors (Lipinski definition) is 6. The van der Waals surface area contributed by atoms with E-state index in [9.17, 15) is 39.0 Å². The molecule has 0 radical (unpaired) electrons. The van der Waals surface area contributed by atoms with Gasteiger partial charge >= 0.3 is 17.9 Å². The van der Waals surface area contributed by atoms with Gasteiger partial charge in [-0.05, 0) is 78.4 Å². The Kier molecular flexibility index (Phi) is 11.2. The number of nitrogens with zero attached hydrogens (tertiary/aromatic N) is 6. The van der Waals surface area contributed by atoms with Crippen LogP contribution in [0.5, 0.6) is 0 Å². The number of rotatable bonds is 16. The van der Waals surface area contributed by atoms with Crippen molar-refractivity contribution in [1.82, 2.24) is 40.8 Å². The molecule has 0 fully saturated rings. The molecule has 1 aliphatic carbocycles. The molecule has 270 valence electrons. The van der Waals surface area contributed by atoms with E-state index in [0.717, 1.165) is 15.8 Å². The van der Waals surface area contributed by atoms with Crippen molar-refractivity contribution >= 4 is 46.3 Å². The predicted molar refractivity (Wildman–Crippen MR) is 182 cm³/mol. The highest BCUT2D eigenvalue weighted by atomic mass is 16.4. The number of carboxylic acid groups (broad SMARTS) is 3. The van der Waals surface area contributed by atoms with E-state index in [1.54, 1.807) is 31.2 Å². The van der Waals surface area contributed by atoms with Gasteiger partial charge in [0.1, 0.15) is 24.5 Å². The van der Waals surface area contributed by atoms with Gasteiger partial charge in [-0.25, -0.2) is 19.3 Å². The second-order valence-corrected chi connectivity index (χ2v) is 12.2. The number of carbonyl (C=O) groups is 5. The number of para-hydroxylation sites is 1. The highest BCUT2D eigenvalue weighted by Gasteiger charge is 2.32. The first-order chi connectivity index (χ1) is 24.9. The highest BCUT2D eigenvalue weighted by Crippen LogP contribution is 2.40. The van der Waals surface area contributed by atoms with Gasteiger partial charge in [0.2, 0.25) is 5.91 Å². The Morgan fingerprint density at radius 1 is 1.08 bits per heavy atom. The molecule has 0 bridgehead atoms. The molecule has 52 heavy (non-hydrogen) atoms. The number of carbonyl (C=O) groups excluding carboxylic acids is 2. The lowest BCUT2D eigenvalue weighted by molar-refractivity contribution is -0.142. The highest BCUT2D eigenvalue weighted by molar-refractivity contribution is 6.01. The van der Waals surface area contributed by atoms with Gasteiger partial charge in [0, 0.05) is 12.8 Å². The summed E-state index contributed by atoms with van der Waals surface area (Å²) in [5.41, 5.74) is 2.73. The SMILES string of the molecule is C#CCN(c1ccccc1C(=O)N[C@@H](CCC(=O)N[C@@H](CCc1nnnn1CC(=O)O)C(=O)O)C(=O)O)C1CCc2cc3nc(C)[nH]c(=O)c3cc21. The molecule has 18 heteroatoms. The molecule has 3 atom stereocenters. The average Bonchev–Trinajstić information content (AvgIpc) is 3.71. The van der Waals surface area contributed by atoms with Crippen LogP contribution < -0.4 is 21.1 Å². The number of aromatic amines is 1. The van der Waals surface area contributed by atoms with Gasteiger partial charge < -0.3 is 35.8 Å². The van der Waals surface area contributed by atoms with Gasteiger partial charge in [0.25, 0.3) is 11.5 Å². The molecule has 2 aromatic heterocycles. The monoisotopic (exact) mass is 713 g/mol. The zero-order chi connectivity index (χ0) is 37.5. The van der Waals surface area contributed by atoms with Crippen LogP contribution in [-0.2, 0) is 38.6 Å². The largest absolute Gasteiger partial charge is 0.480 e. The summed E-state index contributed by atoms with van der Waals surface area (Å²) in [6.07, 6.45) is 6.03. The zero-order valence-corrected chi connectivity index (χ0v) is 27.9. The third kappa shape index (κ3) is 8.38. The zero-order valence-electron chi connectivity index (χ0n) is 27.9. The number of tetrazole rings is 1. The number of terminal acetylenes is 1. The van der Waals surface area contributed by atoms with E-state index in [0.29, 0.717) is 35.3 Å². The summed E-state index contributed by atoms with van der Waals surface area (Å²) >= 11 is 0. The van der Waals surface area contributed by atoms with Gasteiger partial charge in [0.05, 0.1) is 34.7 Å². The number of fused-ring (bicyclic) bond motifs is 2. The standard InChI is InChI=1S/C34H35N9O9/c1-3-14-42(27-11-8-19-15-25-22(16-21(19)27)32(48)36-18(2)35-25)26-7-5-4-6-20(26)31(47)38-24(34(51)52)10-13-29(44)37-23(33(49)50)9-12-28-39-40-41-43(28)17-30(45)46/h1,4-7,15-16,23-24,27H,8-14,17H2,2H3,(H,37,44)(H,38,47)(H,45,46)(H,49,50)(H,51,52)(H,35,36,48)/t23-,24-,27?/m0/s1. The summed E-state index contributed by atoms with van der Waals surface area (Å²) in [5, 5.41) is 44.4. The number of carboxylic acids is 3. The minimum Gasteiger partial charge on any atom is -0.480 e. The molecule has 5 rings (SSSR count). The minimum atomic E-state index is -1.52. The molecule has 1 unspecified atom stereocenters. The normalized spacial score (nSPS) is 14.5. The number of aliphatic carboxylic acids is 3. The topological polar surface area (TPSA) is 263 Å². The number of H-pyrrole nitrogens is 1. The minimum absolute atomic E-state index is 0.0698. The van der Waals surface area contributed by atoms with E-state index in [4.69, 9.17) is 11.5 Å². The third-order valence-electron chi connectivity index (χ3n) is 8.67. The molecular weight excluding hydrogens is 678 g/mol. The molecule has 1 aliphatic rings. The second-order valence-electron chi connectivity index (χ2n) is 12.2. The third-order valence-corrected chi connectivity index (χ3v) is 8.67.